The summed E-state index contributed by atoms with van der Waals surface area (Å²) in [4.78, 5) is 0. The number of hydrogen-bond acceptors (Lipinski definition) is 0. The van der Waals surface area contributed by atoms with E-state index in [0.717, 1.165) is 6.42 Å². The molecule has 0 spiro atoms. The van der Waals surface area contributed by atoms with Crippen molar-refractivity contribution in [3.63, 3.8) is 0 Å². The van der Waals surface area contributed by atoms with E-state index in [2.05, 4.69) is 18.7 Å². The van der Waals surface area contributed by atoms with Crippen LogP contribution in [0.1, 0.15) is 32.6 Å². The minimum atomic E-state index is 1.16. The molecular weight excluding hydrogens is 120 g/mol. The van der Waals surface area contributed by atoms with Crippen molar-refractivity contribution in [3.8, 4) is 0 Å². The first-order valence-electron chi connectivity index (χ1n) is 3.86. The molecule has 0 atom stereocenters. The van der Waals surface area contributed by atoms with Crippen LogP contribution >= 0.6 is 0 Å². The summed E-state index contributed by atoms with van der Waals surface area (Å²) < 4.78 is 0. The Morgan fingerprint density at radius 1 is 1.40 bits per heavy atom. The molecule has 0 bridgehead atoms. The Labute approximate surface area is 64.0 Å². The number of allylic oxidation sites excluding steroid dienone is 3. The summed E-state index contributed by atoms with van der Waals surface area (Å²) in [5.74, 6) is 0. The Morgan fingerprint density at radius 2 is 2.20 bits per heavy atom. The Morgan fingerprint density at radius 3 is 2.80 bits per heavy atom. The second-order valence-electron chi connectivity index (χ2n) is 2.26. The summed E-state index contributed by atoms with van der Waals surface area (Å²) in [6.07, 6.45) is 10.8. The molecule has 1 radical (unpaired) electrons. The highest BCUT2D eigenvalue weighted by atomic mass is 13.8. The summed E-state index contributed by atoms with van der Waals surface area (Å²) in [7, 11) is 0. The van der Waals surface area contributed by atoms with Crippen LogP contribution in [-0.4, -0.2) is 0 Å². The molecule has 0 nitrogen and oxygen atoms in total. The molecule has 0 aromatic heterocycles. The third kappa shape index (κ3) is 7.26. The van der Waals surface area contributed by atoms with Crippen molar-refractivity contribution >= 4 is 0 Å². The first-order chi connectivity index (χ1) is 4.91. The lowest BCUT2D eigenvalue weighted by molar-refractivity contribution is 0.729. The normalized spacial score (nSPS) is 9.70. The molecule has 0 aromatic carbocycles. The zero-order valence-electron chi connectivity index (χ0n) is 6.64. The van der Waals surface area contributed by atoms with Crippen LogP contribution in [0.5, 0.6) is 0 Å². The molecular formula is C10H15. The highest BCUT2D eigenvalue weighted by molar-refractivity contribution is 4.99. The third-order valence-corrected chi connectivity index (χ3v) is 1.30. The van der Waals surface area contributed by atoms with Crippen LogP contribution in [0.15, 0.2) is 24.0 Å². The minimum absolute atomic E-state index is 1.16. The SMILES string of the molecule is [CH]=C=CC=CCCCCC. The average molecular weight is 135 g/mol. The van der Waals surface area contributed by atoms with E-state index in [-0.39, 0.29) is 0 Å². The van der Waals surface area contributed by atoms with Crippen molar-refractivity contribution in [2.24, 2.45) is 0 Å². The van der Waals surface area contributed by atoms with Crippen molar-refractivity contribution in [3.05, 3.63) is 30.5 Å². The molecule has 0 amide bonds. The van der Waals surface area contributed by atoms with E-state index < -0.39 is 0 Å². The van der Waals surface area contributed by atoms with Crippen LogP contribution in [0.3, 0.4) is 0 Å². The van der Waals surface area contributed by atoms with E-state index in [4.69, 9.17) is 6.58 Å². The largest absolute Gasteiger partial charge is 0.120 e. The molecule has 10 heavy (non-hydrogen) atoms. The summed E-state index contributed by atoms with van der Waals surface area (Å²) >= 11 is 0. The van der Waals surface area contributed by atoms with E-state index in [9.17, 15) is 0 Å². The van der Waals surface area contributed by atoms with Gasteiger partial charge in [0, 0.05) is 0 Å². The Bertz CT molecular complexity index is 125. The summed E-state index contributed by atoms with van der Waals surface area (Å²) in [6, 6.07) is 0. The van der Waals surface area contributed by atoms with Crippen molar-refractivity contribution in [2.45, 2.75) is 32.6 Å². The topological polar surface area (TPSA) is 0 Å². The Hall–Kier alpha value is -0.740. The van der Waals surface area contributed by atoms with Gasteiger partial charge in [0.05, 0.1) is 0 Å². The fraction of sp³-hybridized carbons (Fsp3) is 0.500. The molecule has 0 unspecified atom stereocenters. The molecule has 0 aromatic rings. The molecule has 0 fully saturated rings. The van der Waals surface area contributed by atoms with E-state index in [1.807, 2.05) is 6.08 Å². The second kappa shape index (κ2) is 8.26. The van der Waals surface area contributed by atoms with E-state index >= 15 is 0 Å². The van der Waals surface area contributed by atoms with Gasteiger partial charge in [0.15, 0.2) is 0 Å². The summed E-state index contributed by atoms with van der Waals surface area (Å²) in [5, 5.41) is 0. The van der Waals surface area contributed by atoms with Crippen LogP contribution in [0, 0.1) is 6.58 Å². The molecule has 0 aliphatic heterocycles. The van der Waals surface area contributed by atoms with Gasteiger partial charge in [0.1, 0.15) is 0 Å². The highest BCUT2D eigenvalue weighted by Crippen LogP contribution is 1.98. The van der Waals surface area contributed by atoms with E-state index in [1.165, 1.54) is 19.3 Å². The van der Waals surface area contributed by atoms with Crippen molar-refractivity contribution in [1.82, 2.24) is 0 Å². The lowest BCUT2D eigenvalue weighted by Gasteiger charge is -1.89. The summed E-state index contributed by atoms with van der Waals surface area (Å²) in [5.41, 5.74) is 2.45. The molecule has 55 valence electrons. The molecule has 0 aliphatic carbocycles. The predicted molar refractivity (Wildman–Crippen MR) is 45.7 cm³/mol. The predicted octanol–water partition coefficient (Wildman–Crippen LogP) is 3.27. The number of unbranched alkanes of at least 4 members (excludes halogenated alkanes) is 3. The molecule has 0 saturated heterocycles. The average Bonchev–Trinajstić information content (AvgIpc) is 1.97. The van der Waals surface area contributed by atoms with Crippen LogP contribution < -0.4 is 0 Å². The zero-order chi connectivity index (χ0) is 7.66. The van der Waals surface area contributed by atoms with Gasteiger partial charge in [0.25, 0.3) is 0 Å². The number of hydrogen-bond donors (Lipinski definition) is 0. The van der Waals surface area contributed by atoms with Crippen molar-refractivity contribution in [2.75, 3.05) is 0 Å². The van der Waals surface area contributed by atoms with Crippen molar-refractivity contribution in [1.29, 1.82) is 0 Å². The fourth-order valence-corrected chi connectivity index (χ4v) is 0.732. The lowest BCUT2D eigenvalue weighted by atomic mass is 10.2. The van der Waals surface area contributed by atoms with Crippen molar-refractivity contribution < 1.29 is 0 Å². The monoisotopic (exact) mass is 135 g/mol. The van der Waals surface area contributed by atoms with Gasteiger partial charge < -0.3 is 0 Å². The van der Waals surface area contributed by atoms with Gasteiger partial charge in [-0.1, -0.05) is 31.9 Å². The van der Waals surface area contributed by atoms with Crippen LogP contribution in [-0.2, 0) is 0 Å². The van der Waals surface area contributed by atoms with Gasteiger partial charge >= 0.3 is 0 Å². The van der Waals surface area contributed by atoms with Gasteiger partial charge in [0.2, 0.25) is 0 Å². The van der Waals surface area contributed by atoms with Crippen LogP contribution in [0.25, 0.3) is 0 Å². The van der Waals surface area contributed by atoms with Gasteiger partial charge in [-0.3, -0.25) is 0 Å². The van der Waals surface area contributed by atoms with E-state index in [0.29, 0.717) is 0 Å². The quantitative estimate of drug-likeness (QED) is 0.308. The standard InChI is InChI=1S/C10H15/c1-3-5-7-9-10-8-6-4-2/h1,5,7,9H,4,6,8,10H2,2H3. The van der Waals surface area contributed by atoms with Gasteiger partial charge in [-0.15, -0.1) is 5.73 Å². The first kappa shape index (κ1) is 9.26. The third-order valence-electron chi connectivity index (χ3n) is 1.30. The maximum atomic E-state index is 5.01. The van der Waals surface area contributed by atoms with E-state index in [1.54, 1.807) is 6.08 Å². The maximum absolute atomic E-state index is 5.01. The van der Waals surface area contributed by atoms with Crippen LogP contribution in [0.4, 0.5) is 0 Å². The molecule has 0 N–H and O–H groups in total. The molecule has 0 saturated carbocycles. The highest BCUT2D eigenvalue weighted by Gasteiger charge is 1.79. The Kier molecular flexibility index (Phi) is 7.65. The molecule has 0 heterocycles. The maximum Gasteiger partial charge on any atom is -0.0123 e. The summed E-state index contributed by atoms with van der Waals surface area (Å²) in [6.45, 7) is 7.22. The first-order valence-corrected chi connectivity index (χ1v) is 3.86. The molecule has 0 rings (SSSR count). The van der Waals surface area contributed by atoms with Gasteiger partial charge in [-0.05, 0) is 25.5 Å². The van der Waals surface area contributed by atoms with Gasteiger partial charge in [-0.2, -0.15) is 0 Å². The minimum Gasteiger partial charge on any atom is -0.120 e. The molecule has 0 heteroatoms. The van der Waals surface area contributed by atoms with Crippen LogP contribution in [0.2, 0.25) is 0 Å². The second-order valence-corrected chi connectivity index (χ2v) is 2.26. The molecule has 0 aliphatic rings. The Balaban J connectivity index is 3.10. The van der Waals surface area contributed by atoms with Gasteiger partial charge in [-0.25, -0.2) is 0 Å². The smallest absolute Gasteiger partial charge is 0.0123 e. The lowest BCUT2D eigenvalue weighted by Crippen LogP contribution is -1.69. The fourth-order valence-electron chi connectivity index (χ4n) is 0.732. The number of rotatable bonds is 5. The zero-order valence-corrected chi connectivity index (χ0v) is 6.64.